The molecule has 0 saturated carbocycles. The Bertz CT molecular complexity index is 312. The van der Waals surface area contributed by atoms with Crippen LogP contribution in [0, 0.1) is 5.92 Å². The minimum atomic E-state index is 0.511. The summed E-state index contributed by atoms with van der Waals surface area (Å²) >= 11 is 1.44. The molecule has 0 radical (unpaired) electrons. The van der Waals surface area contributed by atoms with Crippen molar-refractivity contribution in [3.63, 3.8) is 0 Å². The van der Waals surface area contributed by atoms with Crippen LogP contribution in [-0.4, -0.2) is 40.2 Å². The van der Waals surface area contributed by atoms with Crippen molar-refractivity contribution in [2.75, 3.05) is 25.0 Å². The van der Waals surface area contributed by atoms with Gasteiger partial charge in [0.15, 0.2) is 0 Å². The number of nitrogens with zero attached hydrogens (tertiary/aromatic N) is 3. The lowest BCUT2D eigenvalue weighted by molar-refractivity contribution is 0.165. The van der Waals surface area contributed by atoms with Crippen molar-refractivity contribution in [1.29, 1.82) is 0 Å². The van der Waals surface area contributed by atoms with Gasteiger partial charge >= 0.3 is 0 Å². The fourth-order valence-corrected chi connectivity index (χ4v) is 3.11. The van der Waals surface area contributed by atoms with Crippen LogP contribution in [0.5, 0.6) is 0 Å². The van der Waals surface area contributed by atoms with Crippen molar-refractivity contribution in [1.82, 2.24) is 14.5 Å². The highest BCUT2D eigenvalue weighted by Crippen LogP contribution is 2.23. The molecule has 1 saturated heterocycles. The third-order valence-corrected chi connectivity index (χ3v) is 4.12. The predicted octanol–water partition coefficient (Wildman–Crippen LogP) is 2.46. The second kappa shape index (κ2) is 6.31. The summed E-state index contributed by atoms with van der Waals surface area (Å²) in [6.07, 6.45) is 5.74. The van der Waals surface area contributed by atoms with E-state index in [1.54, 1.807) is 0 Å². The van der Waals surface area contributed by atoms with E-state index in [0.717, 1.165) is 10.9 Å². The van der Waals surface area contributed by atoms with E-state index in [-0.39, 0.29) is 0 Å². The molecule has 0 aromatic carbocycles. The van der Waals surface area contributed by atoms with Gasteiger partial charge in [0.05, 0.1) is 6.20 Å². The van der Waals surface area contributed by atoms with E-state index in [4.69, 9.17) is 0 Å². The van der Waals surface area contributed by atoms with Gasteiger partial charge in [-0.3, -0.25) is 0 Å². The fourth-order valence-electron chi connectivity index (χ4n) is 2.59. The van der Waals surface area contributed by atoms with Gasteiger partial charge in [-0.25, -0.2) is 0 Å². The third-order valence-electron chi connectivity index (χ3n) is 3.52. The van der Waals surface area contributed by atoms with Crippen molar-refractivity contribution in [3.05, 3.63) is 6.20 Å². The normalized spacial score (nSPS) is 23.5. The topological polar surface area (TPSA) is 41.0 Å². The van der Waals surface area contributed by atoms with Gasteiger partial charge in [-0.2, -0.15) is 0 Å². The Kier molecular flexibility index (Phi) is 4.74. The predicted molar refractivity (Wildman–Crippen MR) is 72.4 cm³/mol. The first-order chi connectivity index (χ1) is 8.29. The zero-order valence-corrected chi connectivity index (χ0v) is 11.5. The Morgan fingerprint density at radius 1 is 1.65 bits per heavy atom. The Balaban J connectivity index is 1.84. The zero-order chi connectivity index (χ0) is 12.1. The molecule has 96 valence electrons. The lowest BCUT2D eigenvalue weighted by atomic mass is 9.91. The van der Waals surface area contributed by atoms with Gasteiger partial charge < -0.3 is 10.2 Å². The molecule has 2 rings (SSSR count). The van der Waals surface area contributed by atoms with Crippen LogP contribution >= 0.6 is 11.5 Å². The summed E-state index contributed by atoms with van der Waals surface area (Å²) in [6.45, 7) is 8.28. The lowest BCUT2D eigenvalue weighted by Gasteiger charge is -2.35. The average Bonchev–Trinajstić information content (AvgIpc) is 2.83. The smallest absolute Gasteiger partial charge is 0.130 e. The zero-order valence-electron chi connectivity index (χ0n) is 10.7. The number of hydrogen-bond acceptors (Lipinski definition) is 5. The van der Waals surface area contributed by atoms with Crippen molar-refractivity contribution >= 4 is 16.5 Å². The van der Waals surface area contributed by atoms with E-state index in [1.165, 1.54) is 50.4 Å². The van der Waals surface area contributed by atoms with E-state index < -0.39 is 0 Å². The largest absolute Gasteiger partial charge is 0.372 e. The van der Waals surface area contributed by atoms with Crippen LogP contribution in [-0.2, 0) is 0 Å². The van der Waals surface area contributed by atoms with Crippen LogP contribution in [0.25, 0.3) is 0 Å². The highest BCUT2D eigenvalue weighted by Gasteiger charge is 2.24. The first-order valence-electron chi connectivity index (χ1n) is 6.56. The molecular weight excluding hydrogens is 232 g/mol. The Morgan fingerprint density at radius 2 is 2.53 bits per heavy atom. The second-order valence-corrected chi connectivity index (χ2v) is 5.70. The van der Waals surface area contributed by atoms with Gasteiger partial charge in [0.25, 0.3) is 0 Å². The Hall–Kier alpha value is -0.680. The van der Waals surface area contributed by atoms with Crippen LogP contribution in [0.4, 0.5) is 5.00 Å². The van der Waals surface area contributed by atoms with Crippen LogP contribution in [0.15, 0.2) is 6.20 Å². The van der Waals surface area contributed by atoms with Crippen LogP contribution in [0.1, 0.15) is 33.1 Å². The number of hydrogen-bond donors (Lipinski definition) is 1. The quantitative estimate of drug-likeness (QED) is 0.876. The number of nitrogens with one attached hydrogen (secondary N) is 1. The van der Waals surface area contributed by atoms with E-state index >= 15 is 0 Å². The molecule has 2 heterocycles. The summed E-state index contributed by atoms with van der Waals surface area (Å²) in [4.78, 5) is 2.59. The van der Waals surface area contributed by atoms with Crippen molar-refractivity contribution in [3.8, 4) is 0 Å². The average molecular weight is 254 g/mol. The molecule has 17 heavy (non-hydrogen) atoms. The van der Waals surface area contributed by atoms with Crippen LogP contribution in [0.2, 0.25) is 0 Å². The molecule has 4 nitrogen and oxygen atoms in total. The molecule has 1 fully saturated rings. The molecule has 0 amide bonds. The number of likely N-dealkylation sites (tertiary alicyclic amines) is 1. The molecular formula is C12H22N4S. The van der Waals surface area contributed by atoms with Gasteiger partial charge in [-0.1, -0.05) is 11.4 Å². The molecule has 1 aromatic heterocycles. The van der Waals surface area contributed by atoms with Crippen LogP contribution in [0.3, 0.4) is 0 Å². The minimum Gasteiger partial charge on any atom is -0.372 e. The summed E-state index contributed by atoms with van der Waals surface area (Å²) in [5, 5.41) is 8.47. The SMILES string of the molecule is CCCN1CCCC(C(C)Nc2cnns2)C1. The van der Waals surface area contributed by atoms with E-state index in [9.17, 15) is 0 Å². The summed E-state index contributed by atoms with van der Waals surface area (Å²) in [6, 6.07) is 0.511. The molecule has 0 bridgehead atoms. The minimum absolute atomic E-state index is 0.511. The molecule has 0 aliphatic carbocycles. The van der Waals surface area contributed by atoms with Gasteiger partial charge in [0.2, 0.25) is 0 Å². The molecule has 1 aliphatic rings. The third kappa shape index (κ3) is 3.64. The van der Waals surface area contributed by atoms with E-state index in [0.29, 0.717) is 6.04 Å². The molecule has 1 aliphatic heterocycles. The van der Waals surface area contributed by atoms with Gasteiger partial charge in [0, 0.05) is 24.1 Å². The van der Waals surface area contributed by atoms with Crippen molar-refractivity contribution in [2.24, 2.45) is 5.92 Å². The van der Waals surface area contributed by atoms with Crippen molar-refractivity contribution < 1.29 is 0 Å². The summed E-state index contributed by atoms with van der Waals surface area (Å²) in [7, 11) is 0. The molecule has 1 N–H and O–H groups in total. The molecule has 2 unspecified atom stereocenters. The number of piperidine rings is 1. The van der Waals surface area contributed by atoms with E-state index in [2.05, 4.69) is 33.7 Å². The Morgan fingerprint density at radius 3 is 3.24 bits per heavy atom. The van der Waals surface area contributed by atoms with Gasteiger partial charge in [0.1, 0.15) is 5.00 Å². The maximum absolute atomic E-state index is 3.88. The first-order valence-corrected chi connectivity index (χ1v) is 7.33. The molecule has 2 atom stereocenters. The van der Waals surface area contributed by atoms with Crippen LogP contribution < -0.4 is 5.32 Å². The molecule has 1 aromatic rings. The standard InChI is InChI=1S/C12H22N4S/c1-3-6-16-7-4-5-11(9-16)10(2)14-12-8-13-15-17-12/h8,10-11,14H,3-7,9H2,1-2H3. The maximum atomic E-state index is 3.88. The number of aromatic nitrogens is 2. The number of rotatable bonds is 5. The van der Waals surface area contributed by atoms with E-state index in [1.807, 2.05) is 6.20 Å². The Labute approximate surface area is 108 Å². The molecule has 0 spiro atoms. The first kappa shape index (κ1) is 12.8. The summed E-state index contributed by atoms with van der Waals surface area (Å²) in [5.41, 5.74) is 0. The van der Waals surface area contributed by atoms with Gasteiger partial charge in [-0.15, -0.1) is 5.10 Å². The fraction of sp³-hybridized carbons (Fsp3) is 0.833. The van der Waals surface area contributed by atoms with Gasteiger partial charge in [-0.05, 0) is 45.2 Å². The van der Waals surface area contributed by atoms with Crippen molar-refractivity contribution in [2.45, 2.75) is 39.2 Å². The maximum Gasteiger partial charge on any atom is 0.130 e. The lowest BCUT2D eigenvalue weighted by Crippen LogP contribution is -2.42. The monoisotopic (exact) mass is 254 g/mol. The second-order valence-electron chi connectivity index (χ2n) is 4.92. The highest BCUT2D eigenvalue weighted by atomic mass is 32.1. The highest BCUT2D eigenvalue weighted by molar-refractivity contribution is 7.09. The summed E-state index contributed by atoms with van der Waals surface area (Å²) in [5.74, 6) is 0.748. The molecule has 5 heteroatoms. The number of anilines is 1. The summed E-state index contributed by atoms with van der Waals surface area (Å²) < 4.78 is 3.88.